The van der Waals surface area contributed by atoms with Crippen molar-refractivity contribution in [3.63, 3.8) is 0 Å². The van der Waals surface area contributed by atoms with Crippen LogP contribution in [-0.2, 0) is 9.53 Å². The van der Waals surface area contributed by atoms with E-state index in [4.69, 9.17) is 4.74 Å². The molecular weight excluding hydrogens is 343 g/mol. The Bertz CT molecular complexity index is 402. The lowest BCUT2D eigenvalue weighted by Crippen LogP contribution is -2.46. The van der Waals surface area contributed by atoms with E-state index in [-0.39, 0.29) is 11.9 Å². The minimum absolute atomic E-state index is 0.136. The number of rotatable bonds is 3. The van der Waals surface area contributed by atoms with Gasteiger partial charge < -0.3 is 15.0 Å². The number of carbonyl (C=O) groups excluding carboxylic acids is 1. The maximum Gasteiger partial charge on any atom is 0.244 e. The lowest BCUT2D eigenvalue weighted by molar-refractivity contribution is -0.135. The van der Waals surface area contributed by atoms with Gasteiger partial charge in [0.2, 0.25) is 5.91 Å². The molecule has 0 aromatic heterocycles. The molecule has 1 aromatic rings. The zero-order chi connectivity index (χ0) is 13.0. The molecule has 98 valence electrons. The van der Waals surface area contributed by atoms with Crippen LogP contribution in [0.5, 0.6) is 0 Å². The summed E-state index contributed by atoms with van der Waals surface area (Å²) in [5.74, 6) is 0.136. The van der Waals surface area contributed by atoms with Gasteiger partial charge in [-0.25, -0.2) is 0 Å². The van der Waals surface area contributed by atoms with Crippen LogP contribution in [0.2, 0.25) is 0 Å². The number of morpholine rings is 1. The van der Waals surface area contributed by atoms with Crippen molar-refractivity contribution in [1.29, 1.82) is 0 Å². The van der Waals surface area contributed by atoms with Crippen molar-refractivity contribution >= 4 is 34.2 Å². The molecule has 0 radical (unpaired) electrons. The zero-order valence-corrected chi connectivity index (χ0v) is 12.5. The third-order valence-electron chi connectivity index (χ3n) is 2.92. The first-order chi connectivity index (χ1) is 8.66. The normalized spacial score (nSPS) is 17.3. The summed E-state index contributed by atoms with van der Waals surface area (Å²) >= 11 is 2.26. The molecule has 1 fully saturated rings. The first-order valence-corrected chi connectivity index (χ1v) is 7.13. The van der Waals surface area contributed by atoms with Gasteiger partial charge in [-0.3, -0.25) is 4.79 Å². The first kappa shape index (κ1) is 13.6. The molecule has 18 heavy (non-hydrogen) atoms. The van der Waals surface area contributed by atoms with E-state index in [0.29, 0.717) is 26.3 Å². The van der Waals surface area contributed by atoms with Crippen LogP contribution in [-0.4, -0.2) is 43.2 Å². The van der Waals surface area contributed by atoms with Crippen LogP contribution in [0.3, 0.4) is 0 Å². The molecular formula is C13H17IN2O2. The number of ether oxygens (including phenoxy) is 1. The highest BCUT2D eigenvalue weighted by Gasteiger charge is 2.22. The van der Waals surface area contributed by atoms with Crippen LogP contribution in [0.1, 0.15) is 6.92 Å². The number of hydrogen-bond donors (Lipinski definition) is 1. The number of carbonyl (C=O) groups is 1. The molecule has 2 rings (SSSR count). The SMILES string of the molecule is CC(Nc1ccc(I)cc1)C(=O)N1CCOCC1. The number of hydrogen-bond acceptors (Lipinski definition) is 3. The van der Waals surface area contributed by atoms with E-state index in [1.165, 1.54) is 3.57 Å². The average molecular weight is 360 g/mol. The van der Waals surface area contributed by atoms with E-state index < -0.39 is 0 Å². The molecule has 1 aliphatic heterocycles. The summed E-state index contributed by atoms with van der Waals surface area (Å²) in [6, 6.07) is 7.82. The molecule has 4 nitrogen and oxygen atoms in total. The van der Waals surface area contributed by atoms with Crippen LogP contribution in [0.25, 0.3) is 0 Å². The van der Waals surface area contributed by atoms with Crippen LogP contribution in [0.15, 0.2) is 24.3 Å². The summed E-state index contributed by atoms with van der Waals surface area (Å²) in [4.78, 5) is 14.0. The van der Waals surface area contributed by atoms with Crippen molar-refractivity contribution < 1.29 is 9.53 Å². The smallest absolute Gasteiger partial charge is 0.244 e. The minimum Gasteiger partial charge on any atom is -0.378 e. The Kier molecular flexibility index (Phi) is 4.82. The van der Waals surface area contributed by atoms with Crippen molar-refractivity contribution in [1.82, 2.24) is 4.90 Å². The van der Waals surface area contributed by atoms with Gasteiger partial charge >= 0.3 is 0 Å². The number of nitrogens with zero attached hydrogens (tertiary/aromatic N) is 1. The van der Waals surface area contributed by atoms with Crippen molar-refractivity contribution in [2.75, 3.05) is 31.6 Å². The summed E-state index contributed by atoms with van der Waals surface area (Å²) in [7, 11) is 0. The summed E-state index contributed by atoms with van der Waals surface area (Å²) in [6.07, 6.45) is 0. The zero-order valence-electron chi connectivity index (χ0n) is 10.4. The van der Waals surface area contributed by atoms with E-state index in [2.05, 4.69) is 27.9 Å². The maximum absolute atomic E-state index is 12.2. The number of anilines is 1. The van der Waals surface area contributed by atoms with Gasteiger partial charge in [0.25, 0.3) is 0 Å². The van der Waals surface area contributed by atoms with E-state index in [1.807, 2.05) is 36.1 Å². The van der Waals surface area contributed by atoms with Crippen LogP contribution in [0.4, 0.5) is 5.69 Å². The van der Waals surface area contributed by atoms with Crippen molar-refractivity contribution in [3.8, 4) is 0 Å². The molecule has 1 saturated heterocycles. The Morgan fingerprint density at radius 3 is 2.56 bits per heavy atom. The van der Waals surface area contributed by atoms with Crippen LogP contribution in [0, 0.1) is 3.57 Å². The Hall–Kier alpha value is -0.820. The van der Waals surface area contributed by atoms with Crippen molar-refractivity contribution in [3.05, 3.63) is 27.8 Å². The van der Waals surface area contributed by atoms with Gasteiger partial charge in [-0.2, -0.15) is 0 Å². The highest BCUT2D eigenvalue weighted by Crippen LogP contribution is 2.13. The van der Waals surface area contributed by atoms with Crippen molar-refractivity contribution in [2.24, 2.45) is 0 Å². The van der Waals surface area contributed by atoms with E-state index in [0.717, 1.165) is 5.69 Å². The predicted molar refractivity (Wildman–Crippen MR) is 79.6 cm³/mol. The number of amides is 1. The number of benzene rings is 1. The van der Waals surface area contributed by atoms with Gasteiger partial charge in [0.1, 0.15) is 6.04 Å². The van der Waals surface area contributed by atoms with Crippen molar-refractivity contribution in [2.45, 2.75) is 13.0 Å². The highest BCUT2D eigenvalue weighted by molar-refractivity contribution is 14.1. The summed E-state index contributed by atoms with van der Waals surface area (Å²) in [6.45, 7) is 4.56. The Morgan fingerprint density at radius 2 is 1.94 bits per heavy atom. The molecule has 1 heterocycles. The second kappa shape index (κ2) is 6.38. The minimum atomic E-state index is -0.205. The second-order valence-corrected chi connectivity index (χ2v) is 5.56. The Morgan fingerprint density at radius 1 is 1.33 bits per heavy atom. The largest absolute Gasteiger partial charge is 0.378 e. The Labute approximate surface area is 121 Å². The van der Waals surface area contributed by atoms with Gasteiger partial charge in [0.15, 0.2) is 0 Å². The van der Waals surface area contributed by atoms with E-state index in [9.17, 15) is 4.79 Å². The third kappa shape index (κ3) is 3.58. The number of halogens is 1. The highest BCUT2D eigenvalue weighted by atomic mass is 127. The van der Waals surface area contributed by atoms with E-state index >= 15 is 0 Å². The summed E-state index contributed by atoms with van der Waals surface area (Å²) < 4.78 is 6.43. The summed E-state index contributed by atoms with van der Waals surface area (Å²) in [5.41, 5.74) is 0.976. The molecule has 0 saturated carbocycles. The predicted octanol–water partition coefficient (Wildman–Crippen LogP) is 1.95. The molecule has 1 aliphatic rings. The molecule has 1 amide bonds. The monoisotopic (exact) mass is 360 g/mol. The quantitative estimate of drug-likeness (QED) is 0.838. The third-order valence-corrected chi connectivity index (χ3v) is 3.64. The fourth-order valence-electron chi connectivity index (χ4n) is 1.92. The van der Waals surface area contributed by atoms with Gasteiger partial charge in [0.05, 0.1) is 13.2 Å². The summed E-state index contributed by atoms with van der Waals surface area (Å²) in [5, 5.41) is 3.23. The number of nitrogens with one attached hydrogen (secondary N) is 1. The lowest BCUT2D eigenvalue weighted by atomic mass is 10.2. The van der Waals surface area contributed by atoms with Gasteiger partial charge in [-0.1, -0.05) is 0 Å². The standard InChI is InChI=1S/C13H17IN2O2/c1-10(13(17)16-6-8-18-9-7-16)15-12-4-2-11(14)3-5-12/h2-5,10,15H,6-9H2,1H3. The van der Waals surface area contributed by atoms with Gasteiger partial charge in [0, 0.05) is 22.3 Å². The molecule has 1 unspecified atom stereocenters. The van der Waals surface area contributed by atoms with Gasteiger partial charge in [-0.05, 0) is 53.8 Å². The maximum atomic E-state index is 12.2. The molecule has 5 heteroatoms. The second-order valence-electron chi connectivity index (χ2n) is 4.31. The first-order valence-electron chi connectivity index (χ1n) is 6.05. The lowest BCUT2D eigenvalue weighted by Gasteiger charge is -2.29. The molecule has 0 aliphatic carbocycles. The van der Waals surface area contributed by atoms with Crippen LogP contribution >= 0.6 is 22.6 Å². The molecule has 0 bridgehead atoms. The fourth-order valence-corrected chi connectivity index (χ4v) is 2.28. The topological polar surface area (TPSA) is 41.6 Å². The average Bonchev–Trinajstić information content (AvgIpc) is 2.41. The molecule has 1 atom stereocenters. The fraction of sp³-hybridized carbons (Fsp3) is 0.462. The Balaban J connectivity index is 1.92. The van der Waals surface area contributed by atoms with Crippen LogP contribution < -0.4 is 5.32 Å². The molecule has 1 aromatic carbocycles. The van der Waals surface area contributed by atoms with Gasteiger partial charge in [-0.15, -0.1) is 0 Å². The molecule has 1 N–H and O–H groups in total. The molecule has 0 spiro atoms. The van der Waals surface area contributed by atoms with E-state index in [1.54, 1.807) is 0 Å².